The summed E-state index contributed by atoms with van der Waals surface area (Å²) in [5, 5.41) is 3.38. The Hall–Kier alpha value is -2.74. The third-order valence-electron chi connectivity index (χ3n) is 4.76. The first-order chi connectivity index (χ1) is 14.1. The van der Waals surface area contributed by atoms with Crippen LogP contribution in [0.4, 0.5) is 10.3 Å². The molecule has 1 saturated heterocycles. The van der Waals surface area contributed by atoms with E-state index in [9.17, 15) is 4.39 Å². The fourth-order valence-electron chi connectivity index (χ4n) is 3.35. The van der Waals surface area contributed by atoms with Gasteiger partial charge in [0.05, 0.1) is 6.54 Å². The molecule has 29 heavy (non-hydrogen) atoms. The van der Waals surface area contributed by atoms with Crippen LogP contribution in [-0.2, 0) is 13.1 Å². The number of nitrogens with zero attached hydrogens (tertiary/aromatic N) is 6. The van der Waals surface area contributed by atoms with Gasteiger partial charge in [0, 0.05) is 57.2 Å². The van der Waals surface area contributed by atoms with Gasteiger partial charge in [-0.3, -0.25) is 0 Å². The first-order valence-electron chi connectivity index (χ1n) is 10.0. The molecule has 2 aromatic rings. The van der Waals surface area contributed by atoms with E-state index in [1.165, 1.54) is 6.07 Å². The molecule has 0 unspecified atom stereocenters. The Balaban J connectivity index is 1.65. The van der Waals surface area contributed by atoms with E-state index in [1.807, 2.05) is 37.2 Å². The number of halogens is 1. The van der Waals surface area contributed by atoms with Crippen LogP contribution < -0.4 is 10.2 Å². The van der Waals surface area contributed by atoms with Crippen LogP contribution in [0.3, 0.4) is 0 Å². The van der Waals surface area contributed by atoms with Gasteiger partial charge >= 0.3 is 0 Å². The summed E-state index contributed by atoms with van der Waals surface area (Å²) < 4.78 is 14.0. The van der Waals surface area contributed by atoms with Crippen molar-refractivity contribution in [3.8, 4) is 0 Å². The van der Waals surface area contributed by atoms with Gasteiger partial charge in [0.2, 0.25) is 5.95 Å². The van der Waals surface area contributed by atoms with Gasteiger partial charge in [0.25, 0.3) is 0 Å². The predicted octanol–water partition coefficient (Wildman–Crippen LogP) is 1.96. The smallest absolute Gasteiger partial charge is 0.225 e. The lowest BCUT2D eigenvalue weighted by Crippen LogP contribution is -2.52. The number of aliphatic imine (C=N–C) groups is 1. The molecule has 1 aromatic heterocycles. The lowest BCUT2D eigenvalue weighted by atomic mass is 10.1. The second-order valence-corrected chi connectivity index (χ2v) is 7.36. The highest BCUT2D eigenvalue weighted by Gasteiger charge is 2.21. The molecule has 0 aliphatic carbocycles. The lowest BCUT2D eigenvalue weighted by molar-refractivity contribution is 0.370. The predicted molar refractivity (Wildman–Crippen MR) is 114 cm³/mol. The molecule has 2 heterocycles. The third kappa shape index (κ3) is 5.87. The quantitative estimate of drug-likeness (QED) is 0.592. The van der Waals surface area contributed by atoms with Crippen LogP contribution in [0.1, 0.15) is 18.1 Å². The molecule has 7 nitrogen and oxygen atoms in total. The number of anilines is 1. The van der Waals surface area contributed by atoms with E-state index in [1.54, 1.807) is 12.4 Å². The molecular weight excluding hydrogens is 369 g/mol. The number of piperazine rings is 1. The number of nitrogens with one attached hydrogen (secondary N) is 1. The fourth-order valence-corrected chi connectivity index (χ4v) is 3.35. The summed E-state index contributed by atoms with van der Waals surface area (Å²) in [7, 11) is 3.88. The summed E-state index contributed by atoms with van der Waals surface area (Å²) in [5.41, 5.74) is 1.71. The maximum absolute atomic E-state index is 14.0. The molecule has 1 fully saturated rings. The minimum atomic E-state index is -0.169. The van der Waals surface area contributed by atoms with Crippen molar-refractivity contribution in [1.29, 1.82) is 0 Å². The van der Waals surface area contributed by atoms with Crippen LogP contribution in [-0.4, -0.2) is 72.5 Å². The maximum Gasteiger partial charge on any atom is 0.225 e. The highest BCUT2D eigenvalue weighted by molar-refractivity contribution is 5.80. The number of guanidine groups is 1. The molecule has 0 spiro atoms. The van der Waals surface area contributed by atoms with Crippen LogP contribution in [0.5, 0.6) is 0 Å². The SMILES string of the molecule is CCNC(=NCc1ccc(F)c(CN(C)C)c1)N1CCN(c2ncccn2)CC1. The van der Waals surface area contributed by atoms with E-state index in [4.69, 9.17) is 4.99 Å². The standard InChI is InChI=1S/C21H30FN7/c1-4-23-20(26-15-17-6-7-19(22)18(14-17)16-27(2)3)28-10-12-29(13-11-28)21-24-8-5-9-25-21/h5-9,14H,4,10-13,15-16H2,1-3H3,(H,23,26). The largest absolute Gasteiger partial charge is 0.357 e. The Morgan fingerprint density at radius 1 is 1.17 bits per heavy atom. The van der Waals surface area contributed by atoms with Crippen LogP contribution in [0.2, 0.25) is 0 Å². The molecular formula is C21H30FN7. The van der Waals surface area contributed by atoms with Crippen molar-refractivity contribution in [3.05, 3.63) is 53.6 Å². The van der Waals surface area contributed by atoms with Crippen LogP contribution in [0, 0.1) is 5.82 Å². The van der Waals surface area contributed by atoms with Gasteiger partial charge in [-0.2, -0.15) is 0 Å². The molecule has 1 aromatic carbocycles. The van der Waals surface area contributed by atoms with Crippen molar-refractivity contribution in [2.24, 2.45) is 4.99 Å². The topological polar surface area (TPSA) is 59.9 Å². The zero-order valence-corrected chi connectivity index (χ0v) is 17.5. The molecule has 1 N–H and O–H groups in total. The van der Waals surface area contributed by atoms with Gasteiger partial charge in [0.15, 0.2) is 5.96 Å². The molecule has 0 bridgehead atoms. The molecule has 0 amide bonds. The molecule has 0 radical (unpaired) electrons. The van der Waals surface area contributed by atoms with Gasteiger partial charge in [-0.25, -0.2) is 19.4 Å². The van der Waals surface area contributed by atoms with E-state index in [0.717, 1.165) is 50.2 Å². The summed E-state index contributed by atoms with van der Waals surface area (Å²) in [6, 6.07) is 7.09. The number of benzene rings is 1. The molecule has 156 valence electrons. The molecule has 3 rings (SSSR count). The summed E-state index contributed by atoms with van der Waals surface area (Å²) in [5.74, 6) is 1.49. The normalized spacial score (nSPS) is 15.1. The van der Waals surface area contributed by atoms with Crippen molar-refractivity contribution in [2.75, 3.05) is 51.7 Å². The zero-order valence-electron chi connectivity index (χ0n) is 17.5. The minimum Gasteiger partial charge on any atom is -0.357 e. The lowest BCUT2D eigenvalue weighted by Gasteiger charge is -2.36. The summed E-state index contributed by atoms with van der Waals surface area (Å²) in [4.78, 5) is 19.9. The van der Waals surface area contributed by atoms with E-state index >= 15 is 0 Å². The Morgan fingerprint density at radius 2 is 1.90 bits per heavy atom. The zero-order chi connectivity index (χ0) is 20.6. The van der Waals surface area contributed by atoms with Gasteiger partial charge in [-0.15, -0.1) is 0 Å². The molecule has 8 heteroatoms. The van der Waals surface area contributed by atoms with Crippen molar-refractivity contribution >= 4 is 11.9 Å². The Bertz CT molecular complexity index is 802. The summed E-state index contributed by atoms with van der Waals surface area (Å²) in [6.45, 7) is 7.35. The molecule has 1 aliphatic rings. The first kappa shape index (κ1) is 21.0. The Labute approximate surface area is 172 Å². The van der Waals surface area contributed by atoms with Gasteiger partial charge in [-0.05, 0) is 44.8 Å². The van der Waals surface area contributed by atoms with E-state index in [2.05, 4.69) is 32.0 Å². The Kier molecular flexibility index (Phi) is 7.35. The fraction of sp³-hybridized carbons (Fsp3) is 0.476. The number of aromatic nitrogens is 2. The summed E-state index contributed by atoms with van der Waals surface area (Å²) in [6.07, 6.45) is 3.54. The molecule has 0 saturated carbocycles. The number of hydrogen-bond acceptors (Lipinski definition) is 5. The van der Waals surface area contributed by atoms with Crippen molar-refractivity contribution in [1.82, 2.24) is 25.1 Å². The average Bonchev–Trinajstić information content (AvgIpc) is 2.74. The van der Waals surface area contributed by atoms with E-state index < -0.39 is 0 Å². The van der Waals surface area contributed by atoms with Gasteiger partial charge < -0.3 is 20.0 Å². The summed E-state index contributed by atoms with van der Waals surface area (Å²) >= 11 is 0. The monoisotopic (exact) mass is 399 g/mol. The third-order valence-corrected chi connectivity index (χ3v) is 4.76. The van der Waals surface area contributed by atoms with Gasteiger partial charge in [-0.1, -0.05) is 6.07 Å². The van der Waals surface area contributed by atoms with Crippen molar-refractivity contribution in [2.45, 2.75) is 20.0 Å². The highest BCUT2D eigenvalue weighted by Crippen LogP contribution is 2.14. The van der Waals surface area contributed by atoms with Crippen LogP contribution in [0.25, 0.3) is 0 Å². The van der Waals surface area contributed by atoms with Crippen LogP contribution >= 0.6 is 0 Å². The van der Waals surface area contributed by atoms with E-state index in [-0.39, 0.29) is 5.82 Å². The van der Waals surface area contributed by atoms with Crippen LogP contribution in [0.15, 0.2) is 41.7 Å². The molecule has 1 aliphatic heterocycles. The Morgan fingerprint density at radius 3 is 2.55 bits per heavy atom. The maximum atomic E-state index is 14.0. The molecule has 0 atom stereocenters. The van der Waals surface area contributed by atoms with Crippen molar-refractivity contribution < 1.29 is 4.39 Å². The second kappa shape index (κ2) is 10.2. The van der Waals surface area contributed by atoms with Crippen molar-refractivity contribution in [3.63, 3.8) is 0 Å². The number of rotatable bonds is 6. The number of hydrogen-bond donors (Lipinski definition) is 1. The minimum absolute atomic E-state index is 0.169. The first-order valence-corrected chi connectivity index (χ1v) is 10.0. The van der Waals surface area contributed by atoms with E-state index in [0.29, 0.717) is 18.7 Å². The second-order valence-electron chi connectivity index (χ2n) is 7.36. The van der Waals surface area contributed by atoms with Gasteiger partial charge in [0.1, 0.15) is 5.82 Å². The highest BCUT2D eigenvalue weighted by atomic mass is 19.1. The average molecular weight is 400 g/mol.